The molecule has 0 aromatic carbocycles. The quantitative estimate of drug-likeness (QED) is 0.356. The second-order valence-electron chi connectivity index (χ2n) is 6.95. The molecule has 0 bridgehead atoms. The maximum atomic E-state index is 10.3. The average molecular weight is 286 g/mol. The van der Waals surface area contributed by atoms with Crippen LogP contribution in [0.3, 0.4) is 0 Å². The Balaban J connectivity index is 3.72. The van der Waals surface area contributed by atoms with Crippen molar-refractivity contribution in [3.63, 3.8) is 0 Å². The summed E-state index contributed by atoms with van der Waals surface area (Å²) < 4.78 is 5.68. The van der Waals surface area contributed by atoms with Gasteiger partial charge < -0.3 is 9.84 Å². The predicted octanol–water partition coefficient (Wildman–Crippen LogP) is 5.53. The molecule has 0 saturated heterocycles. The van der Waals surface area contributed by atoms with E-state index >= 15 is 0 Å². The number of unbranched alkanes of at least 4 members (excludes halogenated alkanes) is 6. The van der Waals surface area contributed by atoms with Crippen LogP contribution in [-0.2, 0) is 4.74 Å². The number of hydrogen-bond acceptors (Lipinski definition) is 2. The number of hydrogen-bond donors (Lipinski definition) is 1. The van der Waals surface area contributed by atoms with Crippen LogP contribution in [0.15, 0.2) is 0 Å². The van der Waals surface area contributed by atoms with E-state index in [4.69, 9.17) is 4.74 Å². The van der Waals surface area contributed by atoms with E-state index in [1.165, 1.54) is 38.5 Å². The first kappa shape index (κ1) is 19.9. The molecule has 0 aliphatic heterocycles. The minimum atomic E-state index is -0.616. The summed E-state index contributed by atoms with van der Waals surface area (Å²) >= 11 is 0. The van der Waals surface area contributed by atoms with Gasteiger partial charge in [-0.3, -0.25) is 0 Å². The first-order chi connectivity index (χ1) is 9.46. The topological polar surface area (TPSA) is 29.5 Å². The van der Waals surface area contributed by atoms with Gasteiger partial charge in [0.15, 0.2) is 6.29 Å². The zero-order valence-electron chi connectivity index (χ0n) is 14.6. The largest absolute Gasteiger partial charge is 0.367 e. The minimum Gasteiger partial charge on any atom is -0.367 e. The fourth-order valence-electron chi connectivity index (χ4n) is 2.81. The molecule has 2 atom stereocenters. The Bertz CT molecular complexity index is 215. The van der Waals surface area contributed by atoms with E-state index in [2.05, 4.69) is 34.6 Å². The number of aliphatic hydroxyl groups is 1. The first-order valence-electron chi connectivity index (χ1n) is 8.76. The van der Waals surface area contributed by atoms with Gasteiger partial charge in [0.2, 0.25) is 0 Å². The minimum absolute atomic E-state index is 0.102. The molecule has 0 fully saturated rings. The summed E-state index contributed by atoms with van der Waals surface area (Å²) in [6.07, 6.45) is 10.3. The monoisotopic (exact) mass is 286 g/mol. The maximum Gasteiger partial charge on any atom is 0.159 e. The van der Waals surface area contributed by atoms with Crippen LogP contribution in [0.2, 0.25) is 0 Å². The lowest BCUT2D eigenvalue weighted by Gasteiger charge is -2.34. The van der Waals surface area contributed by atoms with Crippen molar-refractivity contribution in [1.29, 1.82) is 0 Å². The molecule has 0 aromatic rings. The van der Waals surface area contributed by atoms with E-state index in [-0.39, 0.29) is 5.41 Å². The highest BCUT2D eigenvalue weighted by Gasteiger charge is 2.32. The molecule has 2 nitrogen and oxygen atoms in total. The summed E-state index contributed by atoms with van der Waals surface area (Å²) in [5.41, 5.74) is -0.102. The Labute approximate surface area is 127 Å². The molecular formula is C18H38O2. The van der Waals surface area contributed by atoms with Crippen LogP contribution in [0.5, 0.6) is 0 Å². The predicted molar refractivity (Wildman–Crippen MR) is 87.8 cm³/mol. The zero-order valence-corrected chi connectivity index (χ0v) is 14.6. The zero-order chi connectivity index (χ0) is 15.4. The highest BCUT2D eigenvalue weighted by atomic mass is 16.6. The second-order valence-corrected chi connectivity index (χ2v) is 6.95. The highest BCUT2D eigenvalue weighted by molar-refractivity contribution is 4.77. The van der Waals surface area contributed by atoms with Crippen molar-refractivity contribution in [2.24, 2.45) is 11.3 Å². The molecule has 0 saturated carbocycles. The van der Waals surface area contributed by atoms with Gasteiger partial charge in [-0.2, -0.15) is 0 Å². The summed E-state index contributed by atoms with van der Waals surface area (Å²) in [4.78, 5) is 0. The van der Waals surface area contributed by atoms with Gasteiger partial charge >= 0.3 is 0 Å². The molecule has 122 valence electrons. The van der Waals surface area contributed by atoms with Crippen LogP contribution in [0, 0.1) is 11.3 Å². The number of aliphatic hydroxyl groups excluding tert-OH is 1. The third-order valence-corrected chi connectivity index (χ3v) is 4.30. The Morgan fingerprint density at radius 2 is 1.50 bits per heavy atom. The molecule has 20 heavy (non-hydrogen) atoms. The third kappa shape index (κ3) is 8.97. The van der Waals surface area contributed by atoms with Gasteiger partial charge in [-0.25, -0.2) is 0 Å². The van der Waals surface area contributed by atoms with Gasteiger partial charge in [-0.1, -0.05) is 73.1 Å². The lowest BCUT2D eigenvalue weighted by atomic mass is 9.79. The smallest absolute Gasteiger partial charge is 0.159 e. The lowest BCUT2D eigenvalue weighted by molar-refractivity contribution is -0.177. The molecule has 0 aromatic heterocycles. The molecule has 1 N–H and O–H groups in total. The molecule has 0 amide bonds. The standard InChI is InChI=1S/C18H38O2/c1-6-8-9-10-11-12-13-14-20-17(19)18(5,7-2)15-16(3)4/h16-17,19H,6-15H2,1-5H3/t17-,18?/m1/s1. The van der Waals surface area contributed by atoms with Crippen LogP contribution in [0.4, 0.5) is 0 Å². The SMILES string of the molecule is CCCCCCCCCO[C@@H](O)C(C)(CC)CC(C)C. The Morgan fingerprint density at radius 1 is 0.950 bits per heavy atom. The van der Waals surface area contributed by atoms with Crippen molar-refractivity contribution in [3.8, 4) is 0 Å². The van der Waals surface area contributed by atoms with E-state index in [9.17, 15) is 5.11 Å². The van der Waals surface area contributed by atoms with Crippen LogP contribution in [-0.4, -0.2) is 18.0 Å². The highest BCUT2D eigenvalue weighted by Crippen LogP contribution is 2.34. The molecule has 0 radical (unpaired) electrons. The van der Waals surface area contributed by atoms with Gasteiger partial charge in [-0.15, -0.1) is 0 Å². The van der Waals surface area contributed by atoms with E-state index in [1.807, 2.05) is 0 Å². The Hall–Kier alpha value is -0.0800. The summed E-state index contributed by atoms with van der Waals surface area (Å²) in [7, 11) is 0. The lowest BCUT2D eigenvalue weighted by Crippen LogP contribution is -2.35. The summed E-state index contributed by atoms with van der Waals surface area (Å²) in [5, 5.41) is 10.3. The Morgan fingerprint density at radius 3 is 2.00 bits per heavy atom. The molecular weight excluding hydrogens is 248 g/mol. The van der Waals surface area contributed by atoms with Gasteiger partial charge in [0.1, 0.15) is 0 Å². The molecule has 0 heterocycles. The van der Waals surface area contributed by atoms with Crippen molar-refractivity contribution in [1.82, 2.24) is 0 Å². The molecule has 0 spiro atoms. The van der Waals surface area contributed by atoms with Crippen LogP contribution in [0.1, 0.15) is 92.4 Å². The van der Waals surface area contributed by atoms with Crippen molar-refractivity contribution in [2.45, 2.75) is 98.7 Å². The van der Waals surface area contributed by atoms with Gasteiger partial charge in [-0.05, 0) is 25.2 Å². The Kier molecular flexibility index (Phi) is 11.5. The van der Waals surface area contributed by atoms with E-state index in [0.29, 0.717) is 12.5 Å². The molecule has 2 heteroatoms. The normalized spacial score (nSPS) is 16.4. The van der Waals surface area contributed by atoms with Crippen LogP contribution < -0.4 is 0 Å². The van der Waals surface area contributed by atoms with E-state index in [0.717, 1.165) is 19.3 Å². The van der Waals surface area contributed by atoms with E-state index in [1.54, 1.807) is 0 Å². The molecule has 0 rings (SSSR count). The van der Waals surface area contributed by atoms with Gasteiger partial charge in [0, 0.05) is 12.0 Å². The van der Waals surface area contributed by atoms with Gasteiger partial charge in [0.05, 0.1) is 0 Å². The van der Waals surface area contributed by atoms with Crippen molar-refractivity contribution in [3.05, 3.63) is 0 Å². The van der Waals surface area contributed by atoms with Crippen LogP contribution in [0.25, 0.3) is 0 Å². The molecule has 1 unspecified atom stereocenters. The van der Waals surface area contributed by atoms with Crippen molar-refractivity contribution in [2.75, 3.05) is 6.61 Å². The summed E-state index contributed by atoms with van der Waals surface area (Å²) in [6.45, 7) is 11.6. The van der Waals surface area contributed by atoms with Crippen molar-refractivity contribution >= 4 is 0 Å². The first-order valence-corrected chi connectivity index (χ1v) is 8.76. The third-order valence-electron chi connectivity index (χ3n) is 4.30. The summed E-state index contributed by atoms with van der Waals surface area (Å²) in [5.74, 6) is 0.594. The fraction of sp³-hybridized carbons (Fsp3) is 1.00. The van der Waals surface area contributed by atoms with Gasteiger partial charge in [0.25, 0.3) is 0 Å². The maximum absolute atomic E-state index is 10.3. The molecule has 0 aliphatic rings. The molecule has 0 aliphatic carbocycles. The fourth-order valence-corrected chi connectivity index (χ4v) is 2.81. The average Bonchev–Trinajstić information content (AvgIpc) is 2.40. The number of ether oxygens (including phenoxy) is 1. The van der Waals surface area contributed by atoms with Crippen LogP contribution >= 0.6 is 0 Å². The van der Waals surface area contributed by atoms with E-state index < -0.39 is 6.29 Å². The van der Waals surface area contributed by atoms with Crippen molar-refractivity contribution < 1.29 is 9.84 Å². The number of rotatable bonds is 13. The summed E-state index contributed by atoms with van der Waals surface area (Å²) in [6, 6.07) is 0. The second kappa shape index (κ2) is 11.6.